The molecular formula is C18H23N3O2. The summed E-state index contributed by atoms with van der Waals surface area (Å²) in [6, 6.07) is 4.13. The van der Waals surface area contributed by atoms with Crippen molar-refractivity contribution in [2.45, 2.75) is 38.6 Å². The van der Waals surface area contributed by atoms with Crippen LogP contribution in [0.1, 0.15) is 48.4 Å². The lowest BCUT2D eigenvalue weighted by atomic mass is 9.91. The summed E-state index contributed by atoms with van der Waals surface area (Å²) in [6.45, 7) is 3.25. The molecule has 0 aromatic carbocycles. The second-order valence-corrected chi connectivity index (χ2v) is 6.23. The average Bonchev–Trinajstić information content (AvgIpc) is 3.12. The molecule has 0 bridgehead atoms. The van der Waals surface area contributed by atoms with Crippen LogP contribution in [0.25, 0.3) is 0 Å². The van der Waals surface area contributed by atoms with Crippen molar-refractivity contribution in [1.29, 1.82) is 0 Å². The molecule has 3 rings (SSSR count). The SMILES string of the molecule is O=C(CCCC1CCN(Cc2cccnc2)CC1)c1ncco1. The Kier molecular flexibility index (Phi) is 5.53. The molecule has 1 saturated heterocycles. The van der Waals surface area contributed by atoms with Gasteiger partial charge in [-0.05, 0) is 56.3 Å². The minimum absolute atomic E-state index is 0.0176. The summed E-state index contributed by atoms with van der Waals surface area (Å²) in [4.78, 5) is 22.4. The smallest absolute Gasteiger partial charge is 0.263 e. The lowest BCUT2D eigenvalue weighted by molar-refractivity contribution is 0.0940. The number of carbonyl (C=O) groups excluding carboxylic acids is 1. The maximum Gasteiger partial charge on any atom is 0.263 e. The Bertz CT molecular complexity index is 590. The summed E-state index contributed by atoms with van der Waals surface area (Å²) in [5.74, 6) is 0.998. The lowest BCUT2D eigenvalue weighted by Gasteiger charge is -2.31. The first-order chi connectivity index (χ1) is 11.3. The van der Waals surface area contributed by atoms with Gasteiger partial charge in [0.2, 0.25) is 5.78 Å². The number of rotatable bonds is 7. The van der Waals surface area contributed by atoms with Gasteiger partial charge in [0.1, 0.15) is 6.26 Å². The summed E-state index contributed by atoms with van der Waals surface area (Å²) in [7, 11) is 0. The number of Topliss-reactive ketones (excluding diaryl/α,β-unsaturated/α-hetero) is 1. The molecule has 5 nitrogen and oxygen atoms in total. The van der Waals surface area contributed by atoms with Gasteiger partial charge in [0.25, 0.3) is 5.89 Å². The number of hydrogen-bond donors (Lipinski definition) is 0. The second kappa shape index (κ2) is 8.02. The number of aromatic nitrogens is 2. The Balaban J connectivity index is 1.34. The van der Waals surface area contributed by atoms with Crippen LogP contribution in [0.5, 0.6) is 0 Å². The Morgan fingerprint density at radius 1 is 1.30 bits per heavy atom. The summed E-state index contributed by atoms with van der Waals surface area (Å²) >= 11 is 0. The van der Waals surface area contributed by atoms with Crippen molar-refractivity contribution in [3.05, 3.63) is 48.4 Å². The van der Waals surface area contributed by atoms with Crippen LogP contribution in [0.2, 0.25) is 0 Å². The second-order valence-electron chi connectivity index (χ2n) is 6.23. The fraction of sp³-hybridized carbons (Fsp3) is 0.500. The third-order valence-corrected chi connectivity index (χ3v) is 4.52. The monoisotopic (exact) mass is 313 g/mol. The van der Waals surface area contributed by atoms with Crippen molar-refractivity contribution in [3.8, 4) is 0 Å². The molecule has 0 aliphatic carbocycles. The Morgan fingerprint density at radius 3 is 2.87 bits per heavy atom. The van der Waals surface area contributed by atoms with Crippen molar-refractivity contribution >= 4 is 5.78 Å². The molecule has 3 heterocycles. The van der Waals surface area contributed by atoms with Gasteiger partial charge in [-0.3, -0.25) is 14.7 Å². The summed E-state index contributed by atoms with van der Waals surface area (Å²) in [5.41, 5.74) is 1.28. The molecule has 1 aliphatic heterocycles. The molecule has 0 amide bonds. The fourth-order valence-corrected chi connectivity index (χ4v) is 3.20. The standard InChI is InChI=1S/C18H23N3O2/c22-17(18-20-9-12-23-18)5-1-3-15-6-10-21(11-7-15)14-16-4-2-8-19-13-16/h2,4,8-9,12-13,15H,1,3,5-7,10-11,14H2. The number of ketones is 1. The maximum atomic E-state index is 11.8. The molecule has 2 aromatic heterocycles. The van der Waals surface area contributed by atoms with Gasteiger partial charge in [-0.15, -0.1) is 0 Å². The Labute approximate surface area is 136 Å². The predicted octanol–water partition coefficient (Wildman–Crippen LogP) is 3.33. The van der Waals surface area contributed by atoms with E-state index in [0.717, 1.165) is 38.4 Å². The topological polar surface area (TPSA) is 59.2 Å². The molecule has 0 unspecified atom stereocenters. The highest BCUT2D eigenvalue weighted by atomic mass is 16.3. The zero-order valence-corrected chi connectivity index (χ0v) is 13.4. The molecular weight excluding hydrogens is 290 g/mol. The van der Waals surface area contributed by atoms with E-state index in [2.05, 4.69) is 20.9 Å². The molecule has 0 radical (unpaired) electrons. The number of carbonyl (C=O) groups is 1. The molecule has 1 aliphatic rings. The van der Waals surface area contributed by atoms with Crippen LogP contribution in [0.3, 0.4) is 0 Å². The van der Waals surface area contributed by atoms with Gasteiger partial charge < -0.3 is 4.42 Å². The first kappa shape index (κ1) is 15.9. The van der Waals surface area contributed by atoms with Crippen LogP contribution in [-0.2, 0) is 6.54 Å². The number of likely N-dealkylation sites (tertiary alicyclic amines) is 1. The Hall–Kier alpha value is -2.01. The van der Waals surface area contributed by atoms with E-state index in [-0.39, 0.29) is 11.7 Å². The zero-order chi connectivity index (χ0) is 15.9. The number of oxazole rings is 1. The van der Waals surface area contributed by atoms with E-state index in [9.17, 15) is 4.79 Å². The number of piperidine rings is 1. The Morgan fingerprint density at radius 2 is 2.17 bits per heavy atom. The van der Waals surface area contributed by atoms with Gasteiger partial charge in [0.05, 0.1) is 6.20 Å². The summed E-state index contributed by atoms with van der Waals surface area (Å²) in [6.07, 6.45) is 11.7. The van der Waals surface area contributed by atoms with Crippen LogP contribution in [0.4, 0.5) is 0 Å². The van der Waals surface area contributed by atoms with E-state index in [1.54, 1.807) is 0 Å². The lowest BCUT2D eigenvalue weighted by Crippen LogP contribution is -2.33. The fourth-order valence-electron chi connectivity index (χ4n) is 3.20. The molecule has 2 aromatic rings. The third-order valence-electron chi connectivity index (χ3n) is 4.52. The summed E-state index contributed by atoms with van der Waals surface area (Å²) < 4.78 is 5.04. The number of pyridine rings is 1. The van der Waals surface area contributed by atoms with Gasteiger partial charge >= 0.3 is 0 Å². The van der Waals surface area contributed by atoms with E-state index in [1.807, 2.05) is 18.5 Å². The number of nitrogens with zero attached hydrogens (tertiary/aromatic N) is 3. The highest BCUT2D eigenvalue weighted by Crippen LogP contribution is 2.24. The zero-order valence-electron chi connectivity index (χ0n) is 13.4. The van der Waals surface area contributed by atoms with E-state index in [1.165, 1.54) is 30.9 Å². The van der Waals surface area contributed by atoms with E-state index < -0.39 is 0 Å². The first-order valence-corrected chi connectivity index (χ1v) is 8.35. The van der Waals surface area contributed by atoms with E-state index >= 15 is 0 Å². The molecule has 0 N–H and O–H groups in total. The molecule has 23 heavy (non-hydrogen) atoms. The van der Waals surface area contributed by atoms with Crippen LogP contribution in [0.15, 0.2) is 41.4 Å². The minimum atomic E-state index is 0.0176. The van der Waals surface area contributed by atoms with Crippen molar-refractivity contribution < 1.29 is 9.21 Å². The average molecular weight is 313 g/mol. The molecule has 1 fully saturated rings. The minimum Gasteiger partial charge on any atom is -0.442 e. The predicted molar refractivity (Wildman–Crippen MR) is 86.9 cm³/mol. The molecule has 0 saturated carbocycles. The van der Waals surface area contributed by atoms with E-state index in [0.29, 0.717) is 6.42 Å². The largest absolute Gasteiger partial charge is 0.442 e. The molecule has 0 atom stereocenters. The van der Waals surface area contributed by atoms with Crippen molar-refractivity contribution in [3.63, 3.8) is 0 Å². The van der Waals surface area contributed by atoms with Gasteiger partial charge in [-0.2, -0.15) is 0 Å². The van der Waals surface area contributed by atoms with Crippen LogP contribution >= 0.6 is 0 Å². The maximum absolute atomic E-state index is 11.8. The first-order valence-electron chi connectivity index (χ1n) is 8.35. The molecule has 0 spiro atoms. The normalized spacial score (nSPS) is 16.5. The van der Waals surface area contributed by atoms with E-state index in [4.69, 9.17) is 4.42 Å². The molecule has 122 valence electrons. The quantitative estimate of drug-likeness (QED) is 0.734. The van der Waals surface area contributed by atoms with Gasteiger partial charge in [0, 0.05) is 25.4 Å². The van der Waals surface area contributed by atoms with Crippen molar-refractivity contribution in [2.75, 3.05) is 13.1 Å². The van der Waals surface area contributed by atoms with Crippen LogP contribution < -0.4 is 0 Å². The van der Waals surface area contributed by atoms with Gasteiger partial charge in [-0.25, -0.2) is 4.98 Å². The highest BCUT2D eigenvalue weighted by molar-refractivity contribution is 5.91. The van der Waals surface area contributed by atoms with Gasteiger partial charge in [-0.1, -0.05) is 6.07 Å². The van der Waals surface area contributed by atoms with Crippen molar-refractivity contribution in [1.82, 2.24) is 14.9 Å². The van der Waals surface area contributed by atoms with Crippen LogP contribution in [-0.4, -0.2) is 33.7 Å². The highest BCUT2D eigenvalue weighted by Gasteiger charge is 2.20. The number of hydrogen-bond acceptors (Lipinski definition) is 5. The van der Waals surface area contributed by atoms with Crippen LogP contribution in [0, 0.1) is 5.92 Å². The molecule has 5 heteroatoms. The van der Waals surface area contributed by atoms with Gasteiger partial charge in [0.15, 0.2) is 0 Å². The van der Waals surface area contributed by atoms with Crippen molar-refractivity contribution in [2.24, 2.45) is 5.92 Å². The third kappa shape index (κ3) is 4.73. The summed E-state index contributed by atoms with van der Waals surface area (Å²) in [5, 5.41) is 0.